The number of nitrogens with zero attached hydrogens (tertiary/aromatic N) is 3. The molecule has 3 aliphatic rings. The van der Waals surface area contributed by atoms with E-state index >= 15 is 0 Å². The number of aliphatic hydroxyl groups excluding tert-OH is 1. The molecule has 0 bridgehead atoms. The number of halogens is 1. The van der Waals surface area contributed by atoms with E-state index in [0.717, 1.165) is 19.3 Å². The van der Waals surface area contributed by atoms with Crippen molar-refractivity contribution in [3.05, 3.63) is 30.1 Å². The molecule has 22 heavy (non-hydrogen) atoms. The highest BCUT2D eigenvalue weighted by Gasteiger charge is 2.44. The lowest BCUT2D eigenvalue weighted by Crippen LogP contribution is -2.30. The average molecular weight is 321 g/mol. The summed E-state index contributed by atoms with van der Waals surface area (Å²) in [5.74, 6) is 0.469. The first-order chi connectivity index (χ1) is 10.5. The Morgan fingerprint density at radius 1 is 1.36 bits per heavy atom. The minimum Gasteiger partial charge on any atom is -0.393 e. The lowest BCUT2D eigenvalue weighted by Gasteiger charge is -2.33. The maximum absolute atomic E-state index is 14.4. The third kappa shape index (κ3) is 2.33. The van der Waals surface area contributed by atoms with Crippen molar-refractivity contribution in [2.75, 3.05) is 0 Å². The summed E-state index contributed by atoms with van der Waals surface area (Å²) >= 11 is 1.57. The molecule has 1 N–H and O–H groups in total. The van der Waals surface area contributed by atoms with Crippen molar-refractivity contribution in [1.82, 2.24) is 14.8 Å². The minimum atomic E-state index is -1.03. The van der Waals surface area contributed by atoms with Gasteiger partial charge in [-0.25, -0.2) is 14.1 Å². The van der Waals surface area contributed by atoms with Crippen molar-refractivity contribution in [2.24, 2.45) is 5.41 Å². The van der Waals surface area contributed by atoms with E-state index in [1.807, 2.05) is 16.8 Å². The standard InChI is InChI=1S/C16H20FN3OS/c1-16(5-3-2-4-6-16)13-9-12(17)14-18-15(19-20(13)14)22-11-7-10(21)8-11/h2-5,10-13,21H,6-9H2,1H3/t10-,11+,12-,13-,16?/m0/s1. The SMILES string of the molecule is CC1([C@@H]2C[C@H](F)c3nc(S[C@H]4C[C@@H](O)C4)nn32)C=CC=CC1. The van der Waals surface area contributed by atoms with Crippen LogP contribution < -0.4 is 0 Å². The van der Waals surface area contributed by atoms with Crippen molar-refractivity contribution in [1.29, 1.82) is 0 Å². The van der Waals surface area contributed by atoms with Gasteiger partial charge in [-0.1, -0.05) is 43.0 Å². The summed E-state index contributed by atoms with van der Waals surface area (Å²) in [5, 5.41) is 15.0. The van der Waals surface area contributed by atoms with Crippen LogP contribution in [0.2, 0.25) is 0 Å². The average Bonchev–Trinajstić information content (AvgIpc) is 2.99. The summed E-state index contributed by atoms with van der Waals surface area (Å²) in [6.07, 6.45) is 10.1. The molecule has 118 valence electrons. The molecular formula is C16H20FN3OS. The molecule has 2 heterocycles. The van der Waals surface area contributed by atoms with E-state index in [-0.39, 0.29) is 17.6 Å². The molecule has 0 aromatic carbocycles. The van der Waals surface area contributed by atoms with Crippen molar-refractivity contribution in [3.8, 4) is 0 Å². The number of allylic oxidation sites excluding steroid dienone is 4. The van der Waals surface area contributed by atoms with Gasteiger partial charge in [-0.2, -0.15) is 0 Å². The van der Waals surface area contributed by atoms with Crippen molar-refractivity contribution < 1.29 is 9.50 Å². The molecule has 2 aliphatic carbocycles. The van der Waals surface area contributed by atoms with Gasteiger partial charge >= 0.3 is 0 Å². The first kappa shape index (κ1) is 14.5. The lowest BCUT2D eigenvalue weighted by atomic mass is 9.76. The molecule has 1 unspecified atom stereocenters. The van der Waals surface area contributed by atoms with Gasteiger partial charge in [0.1, 0.15) is 0 Å². The molecule has 1 aromatic rings. The van der Waals surface area contributed by atoms with Crippen LogP contribution in [0.25, 0.3) is 0 Å². The number of aromatic nitrogens is 3. The molecule has 0 spiro atoms. The second-order valence-corrected chi connectivity index (χ2v) is 8.05. The van der Waals surface area contributed by atoms with Crippen LogP contribution in [-0.2, 0) is 0 Å². The fourth-order valence-electron chi connectivity index (χ4n) is 3.53. The van der Waals surface area contributed by atoms with Gasteiger partial charge in [-0.15, -0.1) is 5.10 Å². The van der Waals surface area contributed by atoms with Crippen LogP contribution in [-0.4, -0.2) is 31.2 Å². The van der Waals surface area contributed by atoms with Crippen LogP contribution in [0.1, 0.15) is 50.6 Å². The zero-order valence-electron chi connectivity index (χ0n) is 12.5. The first-order valence-electron chi connectivity index (χ1n) is 7.85. The van der Waals surface area contributed by atoms with E-state index in [1.165, 1.54) is 0 Å². The highest BCUT2D eigenvalue weighted by molar-refractivity contribution is 7.99. The van der Waals surface area contributed by atoms with E-state index in [1.54, 1.807) is 11.8 Å². The van der Waals surface area contributed by atoms with Gasteiger partial charge in [-0.3, -0.25) is 0 Å². The minimum absolute atomic E-state index is 0.0209. The summed E-state index contributed by atoms with van der Waals surface area (Å²) < 4.78 is 16.2. The second kappa shape index (κ2) is 5.20. The summed E-state index contributed by atoms with van der Waals surface area (Å²) in [4.78, 5) is 4.41. The highest BCUT2D eigenvalue weighted by Crippen LogP contribution is 2.49. The van der Waals surface area contributed by atoms with Crippen LogP contribution in [0.5, 0.6) is 0 Å². The van der Waals surface area contributed by atoms with E-state index in [4.69, 9.17) is 0 Å². The number of hydrogen-bond acceptors (Lipinski definition) is 4. The lowest BCUT2D eigenvalue weighted by molar-refractivity contribution is 0.101. The molecule has 4 rings (SSSR count). The smallest absolute Gasteiger partial charge is 0.209 e. The number of rotatable bonds is 3. The predicted octanol–water partition coefficient (Wildman–Crippen LogP) is 3.37. The summed E-state index contributed by atoms with van der Waals surface area (Å²) in [5.41, 5.74) is -0.105. The largest absolute Gasteiger partial charge is 0.393 e. The molecule has 1 saturated carbocycles. The van der Waals surface area contributed by atoms with Gasteiger partial charge in [0.15, 0.2) is 12.0 Å². The molecule has 1 fully saturated rings. The number of aliphatic hydroxyl groups is 1. The van der Waals surface area contributed by atoms with E-state index < -0.39 is 6.17 Å². The zero-order chi connectivity index (χ0) is 15.3. The maximum Gasteiger partial charge on any atom is 0.209 e. The quantitative estimate of drug-likeness (QED) is 0.927. The van der Waals surface area contributed by atoms with Crippen molar-refractivity contribution in [2.45, 2.75) is 61.3 Å². The Kier molecular flexibility index (Phi) is 3.42. The number of thioether (sulfide) groups is 1. The van der Waals surface area contributed by atoms with Crippen molar-refractivity contribution >= 4 is 11.8 Å². The Labute approximate surface area is 133 Å². The third-order valence-corrected chi connectivity index (χ3v) is 6.13. The maximum atomic E-state index is 14.4. The second-order valence-electron chi connectivity index (χ2n) is 6.78. The van der Waals surface area contributed by atoms with E-state index in [2.05, 4.69) is 29.2 Å². The summed E-state index contributed by atoms with van der Waals surface area (Å²) in [7, 11) is 0. The Balaban J connectivity index is 1.57. The fraction of sp³-hybridized carbons (Fsp3) is 0.625. The van der Waals surface area contributed by atoms with Crippen molar-refractivity contribution in [3.63, 3.8) is 0 Å². The number of fused-ring (bicyclic) bond motifs is 1. The molecule has 4 nitrogen and oxygen atoms in total. The van der Waals surface area contributed by atoms with Gasteiger partial charge in [-0.05, 0) is 19.3 Å². The molecule has 0 amide bonds. The summed E-state index contributed by atoms with van der Waals surface area (Å²) in [6, 6.07) is 0.0209. The van der Waals surface area contributed by atoms with Crippen LogP contribution >= 0.6 is 11.8 Å². The normalized spacial score (nSPS) is 39.8. The zero-order valence-corrected chi connectivity index (χ0v) is 13.3. The summed E-state index contributed by atoms with van der Waals surface area (Å²) in [6.45, 7) is 2.16. The Hall–Kier alpha value is -1.14. The third-order valence-electron chi connectivity index (χ3n) is 5.03. The van der Waals surface area contributed by atoms with Crippen LogP contribution in [0.3, 0.4) is 0 Å². The van der Waals surface area contributed by atoms with Gasteiger partial charge in [0.25, 0.3) is 0 Å². The fourth-order valence-corrected chi connectivity index (χ4v) is 4.75. The van der Waals surface area contributed by atoms with E-state index in [0.29, 0.717) is 22.7 Å². The molecular weight excluding hydrogens is 301 g/mol. The molecule has 0 radical (unpaired) electrons. The van der Waals surface area contributed by atoms with Crippen LogP contribution in [0, 0.1) is 5.41 Å². The van der Waals surface area contributed by atoms with Gasteiger partial charge in [0.05, 0.1) is 12.1 Å². The van der Waals surface area contributed by atoms with Crippen LogP contribution in [0.4, 0.5) is 4.39 Å². The van der Waals surface area contributed by atoms with Gasteiger partial charge in [0, 0.05) is 17.1 Å². The molecule has 0 saturated heterocycles. The topological polar surface area (TPSA) is 50.9 Å². The van der Waals surface area contributed by atoms with Gasteiger partial charge < -0.3 is 5.11 Å². The Morgan fingerprint density at radius 3 is 2.86 bits per heavy atom. The monoisotopic (exact) mass is 321 g/mol. The predicted molar refractivity (Wildman–Crippen MR) is 83.4 cm³/mol. The molecule has 1 aromatic heterocycles. The van der Waals surface area contributed by atoms with E-state index in [9.17, 15) is 9.50 Å². The van der Waals surface area contributed by atoms with Gasteiger partial charge in [0.2, 0.25) is 5.16 Å². The number of alkyl halides is 1. The highest BCUT2D eigenvalue weighted by atomic mass is 32.2. The molecule has 1 aliphatic heterocycles. The number of hydrogen-bond donors (Lipinski definition) is 1. The first-order valence-corrected chi connectivity index (χ1v) is 8.73. The Bertz CT molecular complexity index is 637. The Morgan fingerprint density at radius 2 is 2.18 bits per heavy atom. The molecule has 6 heteroatoms. The molecule has 3 atom stereocenters. The van der Waals surface area contributed by atoms with Crippen LogP contribution in [0.15, 0.2) is 29.5 Å².